The van der Waals surface area contributed by atoms with Gasteiger partial charge in [0.25, 0.3) is 5.91 Å². The average molecular weight is 301 g/mol. The highest BCUT2D eigenvalue weighted by molar-refractivity contribution is 6.30. The number of carbonyl (C=O) groups excluding carboxylic acids is 2. The molecule has 1 unspecified atom stereocenters. The molecule has 20 heavy (non-hydrogen) atoms. The Bertz CT molecular complexity index is 474. The van der Waals surface area contributed by atoms with Crippen molar-refractivity contribution >= 4 is 23.4 Å². The van der Waals surface area contributed by atoms with Gasteiger partial charge in [-0.2, -0.15) is 0 Å². The molecule has 1 rings (SSSR count). The summed E-state index contributed by atoms with van der Waals surface area (Å²) in [7, 11) is 0. The number of rotatable bonds is 6. The van der Waals surface area contributed by atoms with Gasteiger partial charge in [-0.25, -0.2) is 0 Å². The van der Waals surface area contributed by atoms with Gasteiger partial charge < -0.3 is 20.8 Å². The van der Waals surface area contributed by atoms with Crippen molar-refractivity contribution in [1.82, 2.24) is 10.6 Å². The lowest BCUT2D eigenvalue weighted by Crippen LogP contribution is -2.46. The van der Waals surface area contributed by atoms with Gasteiger partial charge in [-0.1, -0.05) is 11.6 Å². The van der Waals surface area contributed by atoms with Crippen LogP contribution in [0.15, 0.2) is 24.3 Å². The smallest absolute Gasteiger partial charge is 0.251 e. The van der Waals surface area contributed by atoms with Crippen LogP contribution in [0.5, 0.6) is 0 Å². The zero-order valence-electron chi connectivity index (χ0n) is 11.0. The lowest BCUT2D eigenvalue weighted by Gasteiger charge is -2.20. The van der Waals surface area contributed by atoms with Gasteiger partial charge in [0, 0.05) is 17.1 Å². The number of amides is 2. The molecule has 0 aromatic heterocycles. The molecule has 2 amide bonds. The number of hydrogen-bond acceptors (Lipinski definition) is 4. The van der Waals surface area contributed by atoms with Crippen LogP contribution in [0.2, 0.25) is 5.02 Å². The maximum Gasteiger partial charge on any atom is 0.251 e. The van der Waals surface area contributed by atoms with Crippen LogP contribution < -0.4 is 10.6 Å². The fourth-order valence-corrected chi connectivity index (χ4v) is 1.40. The standard InChI is InChI=1S/C13H17ClN2O4/c1-13(20,8-17)7-16-11(18)6-15-12(19)9-2-4-10(14)5-3-9/h2-5,17,20H,6-8H2,1H3,(H,15,19)(H,16,18). The number of aliphatic hydroxyl groups excluding tert-OH is 1. The molecule has 0 aliphatic heterocycles. The SMILES string of the molecule is CC(O)(CO)CNC(=O)CNC(=O)c1ccc(Cl)cc1. The summed E-state index contributed by atoms with van der Waals surface area (Å²) in [6.07, 6.45) is 0. The number of carbonyl (C=O) groups is 2. The van der Waals surface area contributed by atoms with Crippen molar-refractivity contribution in [3.63, 3.8) is 0 Å². The molecule has 0 radical (unpaired) electrons. The minimum absolute atomic E-state index is 0.0981. The van der Waals surface area contributed by atoms with E-state index >= 15 is 0 Å². The molecule has 1 atom stereocenters. The molecule has 0 fully saturated rings. The van der Waals surface area contributed by atoms with E-state index in [1.807, 2.05) is 0 Å². The van der Waals surface area contributed by atoms with Crippen LogP contribution in [0.25, 0.3) is 0 Å². The normalized spacial score (nSPS) is 13.4. The summed E-state index contributed by atoms with van der Waals surface area (Å²) in [5.41, 5.74) is -0.986. The second kappa shape index (κ2) is 7.23. The monoisotopic (exact) mass is 300 g/mol. The van der Waals surface area contributed by atoms with E-state index < -0.39 is 24.0 Å². The first-order chi connectivity index (χ1) is 9.34. The molecule has 0 saturated carbocycles. The van der Waals surface area contributed by atoms with E-state index in [1.54, 1.807) is 24.3 Å². The van der Waals surface area contributed by atoms with Crippen molar-refractivity contribution < 1.29 is 19.8 Å². The molecule has 110 valence electrons. The number of nitrogens with one attached hydrogen (secondary N) is 2. The predicted molar refractivity (Wildman–Crippen MR) is 74.5 cm³/mol. The topological polar surface area (TPSA) is 98.7 Å². The molecule has 0 saturated heterocycles. The Labute approximate surface area is 121 Å². The van der Waals surface area contributed by atoms with E-state index in [0.29, 0.717) is 10.6 Å². The highest BCUT2D eigenvalue weighted by Gasteiger charge is 2.19. The van der Waals surface area contributed by atoms with Crippen molar-refractivity contribution in [2.45, 2.75) is 12.5 Å². The minimum atomic E-state index is -1.38. The highest BCUT2D eigenvalue weighted by atomic mass is 35.5. The summed E-state index contributed by atoms with van der Waals surface area (Å²) in [6.45, 7) is 0.603. The van der Waals surface area contributed by atoms with Crippen LogP contribution in [-0.2, 0) is 4.79 Å². The van der Waals surface area contributed by atoms with E-state index in [9.17, 15) is 14.7 Å². The van der Waals surface area contributed by atoms with Gasteiger partial charge in [0.05, 0.1) is 13.2 Å². The van der Waals surface area contributed by atoms with E-state index in [1.165, 1.54) is 6.92 Å². The molecule has 0 heterocycles. The summed E-state index contributed by atoms with van der Waals surface area (Å²) in [4.78, 5) is 23.2. The maximum absolute atomic E-state index is 11.7. The van der Waals surface area contributed by atoms with Crippen LogP contribution in [0, 0.1) is 0 Å². The molecule has 1 aromatic rings. The number of aliphatic hydroxyl groups is 2. The van der Waals surface area contributed by atoms with Gasteiger partial charge in [-0.3, -0.25) is 9.59 Å². The zero-order chi connectivity index (χ0) is 15.2. The summed E-state index contributed by atoms with van der Waals surface area (Å²) in [6, 6.07) is 6.25. The van der Waals surface area contributed by atoms with E-state index in [2.05, 4.69) is 10.6 Å². The van der Waals surface area contributed by atoms with Gasteiger partial charge in [-0.05, 0) is 31.2 Å². The third-order valence-electron chi connectivity index (χ3n) is 2.52. The zero-order valence-corrected chi connectivity index (χ0v) is 11.8. The lowest BCUT2D eigenvalue weighted by molar-refractivity contribution is -0.121. The van der Waals surface area contributed by atoms with Crippen LogP contribution in [0.3, 0.4) is 0 Å². The Balaban J connectivity index is 2.37. The molecule has 6 nitrogen and oxygen atoms in total. The molecule has 0 spiro atoms. The first-order valence-electron chi connectivity index (χ1n) is 5.98. The lowest BCUT2D eigenvalue weighted by atomic mass is 10.1. The van der Waals surface area contributed by atoms with Crippen LogP contribution in [0.4, 0.5) is 0 Å². The van der Waals surface area contributed by atoms with E-state index in [-0.39, 0.29) is 13.1 Å². The summed E-state index contributed by atoms with van der Waals surface area (Å²) < 4.78 is 0. The molecule has 0 aliphatic carbocycles. The Hall–Kier alpha value is -1.63. The molecular weight excluding hydrogens is 284 g/mol. The Morgan fingerprint density at radius 2 is 1.85 bits per heavy atom. The molecular formula is C13H17ClN2O4. The summed E-state index contributed by atoms with van der Waals surface area (Å²) >= 11 is 5.70. The van der Waals surface area contributed by atoms with E-state index in [0.717, 1.165) is 0 Å². The van der Waals surface area contributed by atoms with Gasteiger partial charge in [0.15, 0.2) is 0 Å². The number of benzene rings is 1. The molecule has 7 heteroatoms. The second-order valence-corrected chi connectivity index (χ2v) is 5.06. The average Bonchev–Trinajstić information content (AvgIpc) is 2.43. The van der Waals surface area contributed by atoms with Crippen LogP contribution in [0.1, 0.15) is 17.3 Å². The first kappa shape index (κ1) is 16.4. The summed E-state index contributed by atoms with van der Waals surface area (Å²) in [5.74, 6) is -0.855. The van der Waals surface area contributed by atoms with Crippen molar-refractivity contribution in [2.24, 2.45) is 0 Å². The fraction of sp³-hybridized carbons (Fsp3) is 0.385. The third kappa shape index (κ3) is 5.56. The van der Waals surface area contributed by atoms with Gasteiger partial charge in [0.1, 0.15) is 5.60 Å². The predicted octanol–water partition coefficient (Wildman–Crippen LogP) is -0.0707. The third-order valence-corrected chi connectivity index (χ3v) is 2.77. The van der Waals surface area contributed by atoms with E-state index in [4.69, 9.17) is 16.7 Å². The van der Waals surface area contributed by atoms with Gasteiger partial charge in [0.2, 0.25) is 5.91 Å². The van der Waals surface area contributed by atoms with Crippen molar-refractivity contribution in [2.75, 3.05) is 19.7 Å². The Morgan fingerprint density at radius 3 is 2.40 bits per heavy atom. The molecule has 4 N–H and O–H groups in total. The largest absolute Gasteiger partial charge is 0.393 e. The van der Waals surface area contributed by atoms with Crippen LogP contribution in [-0.4, -0.2) is 47.3 Å². The summed E-state index contributed by atoms with van der Waals surface area (Å²) in [5, 5.41) is 23.7. The number of halogens is 1. The van der Waals surface area contributed by atoms with Gasteiger partial charge in [-0.15, -0.1) is 0 Å². The maximum atomic E-state index is 11.7. The van der Waals surface area contributed by atoms with Crippen molar-refractivity contribution in [3.05, 3.63) is 34.9 Å². The Morgan fingerprint density at radius 1 is 1.25 bits per heavy atom. The fourth-order valence-electron chi connectivity index (χ4n) is 1.27. The number of hydrogen-bond donors (Lipinski definition) is 4. The molecule has 1 aromatic carbocycles. The molecule has 0 aliphatic rings. The van der Waals surface area contributed by atoms with Crippen molar-refractivity contribution in [3.8, 4) is 0 Å². The van der Waals surface area contributed by atoms with Crippen LogP contribution >= 0.6 is 11.6 Å². The van der Waals surface area contributed by atoms with Gasteiger partial charge >= 0.3 is 0 Å². The van der Waals surface area contributed by atoms with Crippen molar-refractivity contribution in [1.29, 1.82) is 0 Å². The quantitative estimate of drug-likeness (QED) is 0.591. The highest BCUT2D eigenvalue weighted by Crippen LogP contribution is 2.09. The molecule has 0 bridgehead atoms. The first-order valence-corrected chi connectivity index (χ1v) is 6.35. The second-order valence-electron chi connectivity index (χ2n) is 4.62. The Kier molecular flexibility index (Phi) is 5.94. The minimum Gasteiger partial charge on any atom is -0.393 e.